The average molecular weight is 457 g/mol. The van der Waals surface area contributed by atoms with Gasteiger partial charge in [-0.05, 0) is 63.1 Å². The van der Waals surface area contributed by atoms with E-state index in [1.165, 1.54) is 18.3 Å². The molecule has 1 aromatic heterocycles. The van der Waals surface area contributed by atoms with Crippen molar-refractivity contribution in [1.82, 2.24) is 9.97 Å². The quantitative estimate of drug-likeness (QED) is 0.534. The minimum Gasteiger partial charge on any atom is -0.488 e. The zero-order chi connectivity index (χ0) is 22.9. The van der Waals surface area contributed by atoms with E-state index in [0.717, 1.165) is 0 Å². The summed E-state index contributed by atoms with van der Waals surface area (Å²) in [7, 11) is -3.27. The summed E-state index contributed by atoms with van der Waals surface area (Å²) >= 11 is 0. The number of nitrogens with one attached hydrogen (secondary N) is 1. The first kappa shape index (κ1) is 22.0. The van der Waals surface area contributed by atoms with Crippen molar-refractivity contribution in [2.75, 3.05) is 6.61 Å². The molecule has 0 radical (unpaired) electrons. The second-order valence-corrected chi connectivity index (χ2v) is 10.1. The number of hydrogen-bond donors (Lipinski definition) is 2. The Balaban J connectivity index is 1.65. The van der Waals surface area contributed by atoms with Gasteiger partial charge in [0.1, 0.15) is 29.2 Å². The van der Waals surface area contributed by atoms with Gasteiger partial charge in [0.25, 0.3) is 5.56 Å². The molecule has 1 saturated carbocycles. The highest BCUT2D eigenvalue weighted by Gasteiger charge is 2.36. The maximum atomic E-state index is 12.4. The van der Waals surface area contributed by atoms with Gasteiger partial charge in [-0.1, -0.05) is 0 Å². The molecule has 0 bridgehead atoms. The van der Waals surface area contributed by atoms with Crippen molar-refractivity contribution < 1.29 is 23.0 Å². The molecule has 1 fully saturated rings. The first-order chi connectivity index (χ1) is 15.3. The third-order valence-corrected chi connectivity index (χ3v) is 7.35. The van der Waals surface area contributed by atoms with Crippen LogP contribution in [0.15, 0.2) is 58.4 Å². The maximum absolute atomic E-state index is 12.4. The van der Waals surface area contributed by atoms with Gasteiger partial charge < -0.3 is 19.6 Å². The van der Waals surface area contributed by atoms with Gasteiger partial charge in [-0.25, -0.2) is 13.4 Å². The lowest BCUT2D eigenvalue weighted by atomic mass is 10.1. The molecule has 32 heavy (non-hydrogen) atoms. The van der Waals surface area contributed by atoms with Crippen LogP contribution in [-0.2, 0) is 9.84 Å². The molecule has 4 rings (SSSR count). The molecule has 0 aliphatic heterocycles. The van der Waals surface area contributed by atoms with Crippen molar-refractivity contribution in [2.24, 2.45) is 0 Å². The third kappa shape index (κ3) is 4.84. The Morgan fingerprint density at radius 1 is 1.12 bits per heavy atom. The van der Waals surface area contributed by atoms with Crippen LogP contribution in [-0.4, -0.2) is 41.5 Å². The highest BCUT2D eigenvalue weighted by Crippen LogP contribution is 2.35. The summed E-state index contributed by atoms with van der Waals surface area (Å²) in [6.45, 7) is 3.22. The Hall–Kier alpha value is -3.17. The van der Waals surface area contributed by atoms with Crippen LogP contribution in [0, 0.1) is 6.92 Å². The summed E-state index contributed by atoms with van der Waals surface area (Å²) < 4.78 is 36.4. The number of hydrogen-bond acceptors (Lipinski definition) is 7. The van der Waals surface area contributed by atoms with Gasteiger partial charge in [-0.3, -0.25) is 4.79 Å². The summed E-state index contributed by atoms with van der Waals surface area (Å²) in [4.78, 5) is 19.3. The van der Waals surface area contributed by atoms with Gasteiger partial charge in [0.15, 0.2) is 9.84 Å². The minimum atomic E-state index is -3.27. The zero-order valence-corrected chi connectivity index (χ0v) is 18.6. The monoisotopic (exact) mass is 456 g/mol. The smallest absolute Gasteiger partial charge is 0.254 e. The van der Waals surface area contributed by atoms with Crippen molar-refractivity contribution >= 4 is 9.84 Å². The van der Waals surface area contributed by atoms with E-state index in [4.69, 9.17) is 9.47 Å². The van der Waals surface area contributed by atoms with Crippen LogP contribution >= 0.6 is 0 Å². The molecule has 9 heteroatoms. The van der Waals surface area contributed by atoms with Crippen LogP contribution < -0.4 is 15.0 Å². The van der Waals surface area contributed by atoms with Crippen LogP contribution in [0.3, 0.4) is 0 Å². The summed E-state index contributed by atoms with van der Waals surface area (Å²) in [6.07, 6.45) is 2.45. The summed E-state index contributed by atoms with van der Waals surface area (Å²) in [5.41, 5.74) is 0.806. The van der Waals surface area contributed by atoms with Gasteiger partial charge in [0, 0.05) is 23.4 Å². The summed E-state index contributed by atoms with van der Waals surface area (Å²) in [5, 5.41) is 9.05. The fourth-order valence-electron chi connectivity index (χ4n) is 3.11. The SMILES string of the molecule is Cc1cnc(-c2cc(Oc3ccc(S(=O)(=O)C4CC4)cc3)cc(O[C@@H](C)CO)c2)[nH]c1=O. The Labute approximate surface area is 185 Å². The lowest BCUT2D eigenvalue weighted by Crippen LogP contribution is -2.16. The molecule has 0 spiro atoms. The van der Waals surface area contributed by atoms with Crippen molar-refractivity contribution in [3.8, 4) is 28.6 Å². The van der Waals surface area contributed by atoms with E-state index >= 15 is 0 Å². The lowest BCUT2D eigenvalue weighted by Gasteiger charge is -2.15. The molecule has 1 aliphatic rings. The molecule has 8 nitrogen and oxygen atoms in total. The van der Waals surface area contributed by atoms with Gasteiger partial charge >= 0.3 is 0 Å². The number of aromatic nitrogens is 2. The standard InChI is InChI=1S/C23H24N2O6S/c1-14-12-24-22(25-23(14)27)16-9-18(30-15(2)13-26)11-19(10-16)31-17-3-5-20(6-4-17)32(28,29)21-7-8-21/h3-6,9-12,15,21,26H,7-8,13H2,1-2H3,(H,24,25,27)/t15-/m0/s1. The number of aromatic amines is 1. The van der Waals surface area contributed by atoms with Crippen molar-refractivity contribution in [2.45, 2.75) is 42.9 Å². The third-order valence-electron chi connectivity index (χ3n) is 5.08. The largest absolute Gasteiger partial charge is 0.488 e. The molecule has 2 aromatic carbocycles. The molecule has 1 aliphatic carbocycles. The molecule has 0 amide bonds. The fraction of sp³-hybridized carbons (Fsp3) is 0.304. The highest BCUT2D eigenvalue weighted by atomic mass is 32.2. The first-order valence-corrected chi connectivity index (χ1v) is 11.8. The normalized spacial score (nSPS) is 14.7. The summed E-state index contributed by atoms with van der Waals surface area (Å²) in [6, 6.07) is 11.3. The average Bonchev–Trinajstić information content (AvgIpc) is 3.62. The van der Waals surface area contributed by atoms with E-state index in [1.807, 2.05) is 0 Å². The molecule has 0 unspecified atom stereocenters. The Kier molecular flexibility index (Phi) is 6.03. The van der Waals surface area contributed by atoms with Crippen LogP contribution in [0.2, 0.25) is 0 Å². The molecule has 0 saturated heterocycles. The van der Waals surface area contributed by atoms with E-state index in [2.05, 4.69) is 9.97 Å². The van der Waals surface area contributed by atoms with Gasteiger partial charge in [0.2, 0.25) is 0 Å². The molecule has 168 valence electrons. The highest BCUT2D eigenvalue weighted by molar-refractivity contribution is 7.92. The Bertz CT molecular complexity index is 1280. The van der Waals surface area contributed by atoms with E-state index in [-0.39, 0.29) is 22.3 Å². The van der Waals surface area contributed by atoms with Gasteiger partial charge in [-0.15, -0.1) is 0 Å². The Morgan fingerprint density at radius 3 is 2.44 bits per heavy atom. The number of rotatable bonds is 8. The number of nitrogens with zero attached hydrogens (tertiary/aromatic N) is 1. The van der Waals surface area contributed by atoms with E-state index < -0.39 is 15.9 Å². The van der Waals surface area contributed by atoms with Crippen molar-refractivity contribution in [3.05, 3.63) is 64.6 Å². The van der Waals surface area contributed by atoms with Gasteiger partial charge in [-0.2, -0.15) is 0 Å². The van der Waals surface area contributed by atoms with Crippen LogP contribution in [0.5, 0.6) is 17.2 Å². The first-order valence-electron chi connectivity index (χ1n) is 10.3. The lowest BCUT2D eigenvalue weighted by molar-refractivity contribution is 0.129. The number of sulfone groups is 1. The maximum Gasteiger partial charge on any atom is 0.254 e. The van der Waals surface area contributed by atoms with Crippen molar-refractivity contribution in [1.29, 1.82) is 0 Å². The van der Waals surface area contributed by atoms with Crippen molar-refractivity contribution in [3.63, 3.8) is 0 Å². The predicted octanol–water partition coefficient (Wildman–Crippen LogP) is 3.23. The van der Waals surface area contributed by atoms with Crippen LogP contribution in [0.25, 0.3) is 11.4 Å². The zero-order valence-electron chi connectivity index (χ0n) is 17.7. The summed E-state index contributed by atoms with van der Waals surface area (Å²) in [5.74, 6) is 1.63. The molecular formula is C23H24N2O6S. The molecule has 1 heterocycles. The van der Waals surface area contributed by atoms with E-state index in [1.54, 1.807) is 44.2 Å². The van der Waals surface area contributed by atoms with Gasteiger partial charge in [0.05, 0.1) is 16.8 Å². The van der Waals surface area contributed by atoms with Crippen LogP contribution in [0.4, 0.5) is 0 Å². The molecule has 1 atom stereocenters. The number of aliphatic hydroxyl groups is 1. The molecular weight excluding hydrogens is 432 g/mol. The second-order valence-electron chi connectivity index (χ2n) is 7.87. The number of aryl methyl sites for hydroxylation is 1. The number of ether oxygens (including phenoxy) is 2. The van der Waals surface area contributed by atoms with Crippen LogP contribution in [0.1, 0.15) is 25.3 Å². The molecule has 3 aromatic rings. The molecule has 2 N–H and O–H groups in total. The minimum absolute atomic E-state index is 0.170. The number of benzene rings is 2. The van der Waals surface area contributed by atoms with E-state index in [0.29, 0.717) is 47.0 Å². The predicted molar refractivity (Wildman–Crippen MR) is 119 cm³/mol. The Morgan fingerprint density at radius 2 is 1.81 bits per heavy atom. The number of H-pyrrole nitrogens is 1. The number of aliphatic hydroxyl groups excluding tert-OH is 1. The topological polar surface area (TPSA) is 119 Å². The fourth-order valence-corrected chi connectivity index (χ4v) is 4.77. The second kappa shape index (κ2) is 8.76. The van der Waals surface area contributed by atoms with E-state index in [9.17, 15) is 18.3 Å².